The van der Waals surface area contributed by atoms with Gasteiger partial charge in [0.2, 0.25) is 0 Å². The molecule has 3 heterocycles. The van der Waals surface area contributed by atoms with Gasteiger partial charge in [-0.25, -0.2) is 9.78 Å². The molecular formula is C22H26F3N3O2S. The maximum atomic E-state index is 13.2. The first-order valence-electron chi connectivity index (χ1n) is 10.3. The Labute approximate surface area is 183 Å². The van der Waals surface area contributed by atoms with Gasteiger partial charge in [0, 0.05) is 31.1 Å². The number of rotatable bonds is 2. The molecule has 4 rings (SSSR count). The molecule has 1 amide bonds. The van der Waals surface area contributed by atoms with Crippen LogP contribution in [0.15, 0.2) is 24.3 Å². The van der Waals surface area contributed by atoms with Gasteiger partial charge in [0.25, 0.3) is 0 Å². The Morgan fingerprint density at radius 2 is 1.97 bits per heavy atom. The van der Waals surface area contributed by atoms with Gasteiger partial charge in [0.05, 0.1) is 16.6 Å². The molecule has 2 aliphatic rings. The van der Waals surface area contributed by atoms with Crippen molar-refractivity contribution in [3.8, 4) is 11.3 Å². The number of amides is 1. The first-order chi connectivity index (χ1) is 14.4. The highest BCUT2D eigenvalue weighted by Crippen LogP contribution is 2.42. The molecule has 0 bridgehead atoms. The maximum absolute atomic E-state index is 13.2. The Bertz CT molecular complexity index is 983. The zero-order valence-electron chi connectivity index (χ0n) is 18.0. The summed E-state index contributed by atoms with van der Waals surface area (Å²) in [6.45, 7) is 9.44. The predicted octanol–water partition coefficient (Wildman–Crippen LogP) is 5.58. The first kappa shape index (κ1) is 21.9. The number of carbonyl (C=O) groups is 1. The highest BCUT2D eigenvalue weighted by molar-refractivity contribution is 7.16. The molecule has 2 aromatic rings. The standard InChI is InChI=1S/C22H26F3N3O2S/c1-13-26-18(14-6-5-7-16(10-14)22(23,24)25)19(31-13)27-11-15-8-9-28(17(15)12-27)20(29)30-21(2,3)4/h5-7,10,15,17H,8-9,11-12H2,1-4H3. The number of hydrogen-bond donors (Lipinski definition) is 0. The van der Waals surface area contributed by atoms with E-state index in [-0.39, 0.29) is 12.1 Å². The van der Waals surface area contributed by atoms with Gasteiger partial charge in [-0.2, -0.15) is 13.2 Å². The number of halogens is 3. The van der Waals surface area contributed by atoms with E-state index in [0.29, 0.717) is 30.3 Å². The third-order valence-electron chi connectivity index (χ3n) is 5.64. The van der Waals surface area contributed by atoms with Crippen LogP contribution in [0, 0.1) is 12.8 Å². The van der Waals surface area contributed by atoms with Crippen LogP contribution in [0.3, 0.4) is 0 Å². The van der Waals surface area contributed by atoms with Crippen LogP contribution < -0.4 is 4.90 Å². The fraction of sp³-hybridized carbons (Fsp3) is 0.545. The van der Waals surface area contributed by atoms with Crippen molar-refractivity contribution in [1.82, 2.24) is 9.88 Å². The van der Waals surface area contributed by atoms with Gasteiger partial charge in [-0.3, -0.25) is 0 Å². The van der Waals surface area contributed by atoms with E-state index in [4.69, 9.17) is 4.74 Å². The summed E-state index contributed by atoms with van der Waals surface area (Å²) in [7, 11) is 0. The molecule has 0 spiro atoms. The summed E-state index contributed by atoms with van der Waals surface area (Å²) in [4.78, 5) is 21.1. The number of ether oxygens (including phenoxy) is 1. The van der Waals surface area contributed by atoms with Crippen LogP contribution in [0.2, 0.25) is 0 Å². The molecule has 1 aromatic heterocycles. The molecule has 5 nitrogen and oxygen atoms in total. The van der Waals surface area contributed by atoms with Gasteiger partial charge in [-0.1, -0.05) is 12.1 Å². The van der Waals surface area contributed by atoms with Crippen molar-refractivity contribution in [3.63, 3.8) is 0 Å². The van der Waals surface area contributed by atoms with E-state index in [0.717, 1.165) is 35.1 Å². The van der Waals surface area contributed by atoms with Crippen LogP contribution in [0.4, 0.5) is 23.0 Å². The minimum Gasteiger partial charge on any atom is -0.444 e. The van der Waals surface area contributed by atoms with Crippen LogP contribution >= 0.6 is 11.3 Å². The smallest absolute Gasteiger partial charge is 0.416 e. The Hall–Kier alpha value is -2.29. The van der Waals surface area contributed by atoms with Gasteiger partial charge in [-0.05, 0) is 46.2 Å². The molecule has 0 radical (unpaired) electrons. The molecule has 168 valence electrons. The van der Waals surface area contributed by atoms with Gasteiger partial charge >= 0.3 is 12.3 Å². The molecule has 2 saturated heterocycles. The highest BCUT2D eigenvalue weighted by Gasteiger charge is 2.45. The van der Waals surface area contributed by atoms with Gasteiger partial charge < -0.3 is 14.5 Å². The number of fused-ring (bicyclic) bond motifs is 1. The average Bonchev–Trinajstić information content (AvgIpc) is 3.32. The minimum absolute atomic E-state index is 0.0339. The molecule has 2 unspecified atom stereocenters. The van der Waals surface area contributed by atoms with Crippen molar-refractivity contribution in [3.05, 3.63) is 34.8 Å². The summed E-state index contributed by atoms with van der Waals surface area (Å²) in [5.74, 6) is 0.310. The number of aromatic nitrogens is 1. The Balaban J connectivity index is 1.58. The normalized spacial score (nSPS) is 21.5. The lowest BCUT2D eigenvalue weighted by Crippen LogP contribution is -2.42. The summed E-state index contributed by atoms with van der Waals surface area (Å²) in [5.41, 5.74) is -0.220. The largest absolute Gasteiger partial charge is 0.444 e. The number of aryl methyl sites for hydroxylation is 1. The number of nitrogens with zero attached hydrogens (tertiary/aromatic N) is 3. The van der Waals surface area contributed by atoms with Crippen molar-refractivity contribution >= 4 is 22.4 Å². The second-order valence-electron chi connectivity index (χ2n) is 9.16. The number of likely N-dealkylation sites (tertiary alicyclic amines) is 1. The SMILES string of the molecule is Cc1nc(-c2cccc(C(F)(F)F)c2)c(N2CC3CCN(C(=O)OC(C)(C)C)C3C2)s1. The molecule has 0 aliphatic carbocycles. The van der Waals surface area contributed by atoms with Crippen LogP contribution in [0.5, 0.6) is 0 Å². The number of anilines is 1. The lowest BCUT2D eigenvalue weighted by atomic mass is 10.1. The molecule has 2 atom stereocenters. The summed E-state index contributed by atoms with van der Waals surface area (Å²) in [5, 5.41) is 1.65. The summed E-state index contributed by atoms with van der Waals surface area (Å²) >= 11 is 1.48. The van der Waals surface area contributed by atoms with Crippen molar-refractivity contribution in [2.75, 3.05) is 24.5 Å². The predicted molar refractivity (Wildman–Crippen MR) is 114 cm³/mol. The van der Waals surface area contributed by atoms with Crippen molar-refractivity contribution in [1.29, 1.82) is 0 Å². The van der Waals surface area contributed by atoms with Crippen LogP contribution in [0.25, 0.3) is 11.3 Å². The molecule has 9 heteroatoms. The van der Waals surface area contributed by atoms with E-state index < -0.39 is 17.3 Å². The quantitative estimate of drug-likeness (QED) is 0.595. The molecule has 2 fully saturated rings. The van der Waals surface area contributed by atoms with Gasteiger partial charge in [0.1, 0.15) is 16.3 Å². The van der Waals surface area contributed by atoms with Gasteiger partial charge in [0.15, 0.2) is 0 Å². The zero-order valence-corrected chi connectivity index (χ0v) is 18.8. The average molecular weight is 454 g/mol. The molecule has 1 aromatic carbocycles. The topological polar surface area (TPSA) is 45.7 Å². The maximum Gasteiger partial charge on any atom is 0.416 e. The van der Waals surface area contributed by atoms with Crippen molar-refractivity contribution in [2.24, 2.45) is 5.92 Å². The van der Waals surface area contributed by atoms with E-state index in [1.165, 1.54) is 17.4 Å². The number of benzene rings is 1. The van der Waals surface area contributed by atoms with Crippen molar-refractivity contribution in [2.45, 2.75) is 51.9 Å². The summed E-state index contributed by atoms with van der Waals surface area (Å²) < 4.78 is 45.2. The fourth-order valence-corrected chi connectivity index (χ4v) is 5.29. The number of alkyl halides is 3. The van der Waals surface area contributed by atoms with Crippen LogP contribution in [-0.4, -0.2) is 47.3 Å². The van der Waals surface area contributed by atoms with Crippen molar-refractivity contribution < 1.29 is 22.7 Å². The molecular weight excluding hydrogens is 427 g/mol. The summed E-state index contributed by atoms with van der Waals surface area (Å²) in [6, 6.07) is 5.34. The van der Waals surface area contributed by atoms with E-state index in [1.807, 2.05) is 27.7 Å². The highest BCUT2D eigenvalue weighted by atomic mass is 32.1. The zero-order chi connectivity index (χ0) is 22.6. The first-order valence-corrected chi connectivity index (χ1v) is 11.1. The molecule has 31 heavy (non-hydrogen) atoms. The third-order valence-corrected chi connectivity index (χ3v) is 6.67. The van der Waals surface area contributed by atoms with E-state index in [9.17, 15) is 18.0 Å². The lowest BCUT2D eigenvalue weighted by Gasteiger charge is -2.28. The molecule has 2 aliphatic heterocycles. The second kappa shape index (κ2) is 7.69. The Kier molecular flexibility index (Phi) is 5.44. The third kappa shape index (κ3) is 4.51. The van der Waals surface area contributed by atoms with E-state index in [2.05, 4.69) is 9.88 Å². The van der Waals surface area contributed by atoms with E-state index in [1.54, 1.807) is 11.0 Å². The van der Waals surface area contributed by atoms with Crippen LogP contribution in [0.1, 0.15) is 37.8 Å². The number of hydrogen-bond acceptors (Lipinski definition) is 5. The molecule has 0 saturated carbocycles. The Morgan fingerprint density at radius 3 is 2.65 bits per heavy atom. The second-order valence-corrected chi connectivity index (χ2v) is 10.3. The molecule has 0 N–H and O–H groups in total. The monoisotopic (exact) mass is 453 g/mol. The minimum atomic E-state index is -4.40. The van der Waals surface area contributed by atoms with Crippen LogP contribution in [-0.2, 0) is 10.9 Å². The van der Waals surface area contributed by atoms with E-state index >= 15 is 0 Å². The fourth-order valence-electron chi connectivity index (χ4n) is 4.34. The summed E-state index contributed by atoms with van der Waals surface area (Å²) in [6.07, 6.45) is -3.82. The number of thiazole rings is 1. The lowest BCUT2D eigenvalue weighted by molar-refractivity contribution is -0.137. The van der Waals surface area contributed by atoms with Gasteiger partial charge in [-0.15, -0.1) is 11.3 Å². The Morgan fingerprint density at radius 1 is 1.23 bits per heavy atom. The number of carbonyl (C=O) groups excluding carboxylic acids is 1.